The number of fused-ring (bicyclic) bond motifs is 1. The number of carbonyl (C=O) groups excluding carboxylic acids is 1. The summed E-state index contributed by atoms with van der Waals surface area (Å²) in [6.45, 7) is 1.96. The van der Waals surface area contributed by atoms with Crippen molar-refractivity contribution < 1.29 is 4.79 Å². The predicted octanol–water partition coefficient (Wildman–Crippen LogP) is 3.56. The topological polar surface area (TPSA) is 20.3 Å². The molecule has 2 nitrogen and oxygen atoms in total. The molecule has 1 aliphatic carbocycles. The molecule has 0 bridgehead atoms. The van der Waals surface area contributed by atoms with Crippen molar-refractivity contribution in [1.82, 2.24) is 4.90 Å². The van der Waals surface area contributed by atoms with Crippen LogP contribution in [-0.4, -0.2) is 23.9 Å². The Morgan fingerprint density at radius 3 is 2.55 bits per heavy atom. The average molecular weight is 289 g/mol. The van der Waals surface area contributed by atoms with Crippen LogP contribution in [-0.2, 0) is 11.2 Å². The summed E-state index contributed by atoms with van der Waals surface area (Å²) in [4.78, 5) is 15.5. The summed E-state index contributed by atoms with van der Waals surface area (Å²) in [5, 5.41) is 0. The number of hydrogen-bond acceptors (Lipinski definition) is 2. The van der Waals surface area contributed by atoms with E-state index in [0.717, 1.165) is 35.4 Å². The van der Waals surface area contributed by atoms with Gasteiger partial charge in [0.1, 0.15) is 0 Å². The van der Waals surface area contributed by atoms with Crippen LogP contribution >= 0.6 is 12.6 Å². The van der Waals surface area contributed by atoms with E-state index in [1.54, 1.807) is 0 Å². The number of benzene rings is 1. The van der Waals surface area contributed by atoms with Gasteiger partial charge in [-0.05, 0) is 42.4 Å². The number of likely N-dealkylation sites (tertiary alicyclic amines) is 1. The van der Waals surface area contributed by atoms with Gasteiger partial charge in [-0.25, -0.2) is 0 Å². The van der Waals surface area contributed by atoms with Gasteiger partial charge in [0.15, 0.2) is 0 Å². The highest BCUT2D eigenvalue weighted by atomic mass is 32.1. The zero-order valence-electron chi connectivity index (χ0n) is 11.9. The fourth-order valence-electron chi connectivity index (χ4n) is 3.73. The first-order valence-electron chi connectivity index (χ1n) is 7.78. The molecule has 1 amide bonds. The Labute approximate surface area is 127 Å². The first kappa shape index (κ1) is 14.0. The highest BCUT2D eigenvalue weighted by Gasteiger charge is 2.32. The van der Waals surface area contributed by atoms with Gasteiger partial charge in [0.05, 0.1) is 6.42 Å². The Bertz CT molecular complexity index is 470. The molecule has 3 heteroatoms. The van der Waals surface area contributed by atoms with Crippen LogP contribution in [0.15, 0.2) is 29.2 Å². The molecule has 20 heavy (non-hydrogen) atoms. The standard InChI is InChI=1S/C17H23NOS/c19-17(11-13-5-7-16(20)8-6-13)18-10-9-14-3-1-2-4-15(14)12-18/h5-8,14-15,20H,1-4,9-12H2. The molecule has 2 atom stereocenters. The molecule has 0 N–H and O–H groups in total. The zero-order valence-corrected chi connectivity index (χ0v) is 12.8. The van der Waals surface area contributed by atoms with Crippen LogP contribution in [0.3, 0.4) is 0 Å². The summed E-state index contributed by atoms with van der Waals surface area (Å²) in [5.74, 6) is 1.94. The summed E-state index contributed by atoms with van der Waals surface area (Å²) >= 11 is 4.28. The Hall–Kier alpha value is -0.960. The number of thiol groups is 1. The van der Waals surface area contributed by atoms with Crippen molar-refractivity contribution in [3.8, 4) is 0 Å². The average Bonchev–Trinajstić information content (AvgIpc) is 2.49. The van der Waals surface area contributed by atoms with Crippen LogP contribution in [0.5, 0.6) is 0 Å². The summed E-state index contributed by atoms with van der Waals surface area (Å²) in [5.41, 5.74) is 1.10. The van der Waals surface area contributed by atoms with Crippen LogP contribution in [0.1, 0.15) is 37.7 Å². The van der Waals surface area contributed by atoms with Crippen LogP contribution in [0.2, 0.25) is 0 Å². The lowest BCUT2D eigenvalue weighted by molar-refractivity contribution is -0.133. The number of carbonyl (C=O) groups is 1. The lowest BCUT2D eigenvalue weighted by Gasteiger charge is -2.41. The largest absolute Gasteiger partial charge is 0.342 e. The number of hydrogen-bond donors (Lipinski definition) is 1. The first-order valence-corrected chi connectivity index (χ1v) is 8.23. The molecule has 108 valence electrons. The lowest BCUT2D eigenvalue weighted by atomic mass is 9.75. The number of rotatable bonds is 2. The fraction of sp³-hybridized carbons (Fsp3) is 0.588. The quantitative estimate of drug-likeness (QED) is 0.826. The van der Waals surface area contributed by atoms with E-state index < -0.39 is 0 Å². The maximum atomic E-state index is 12.4. The Balaban J connectivity index is 1.58. The van der Waals surface area contributed by atoms with E-state index in [-0.39, 0.29) is 0 Å². The second-order valence-electron chi connectivity index (χ2n) is 6.28. The molecule has 1 aromatic carbocycles. The second-order valence-corrected chi connectivity index (χ2v) is 6.79. The van der Waals surface area contributed by atoms with E-state index in [1.165, 1.54) is 32.1 Å². The zero-order chi connectivity index (χ0) is 13.9. The van der Waals surface area contributed by atoms with Crippen LogP contribution in [0.4, 0.5) is 0 Å². The van der Waals surface area contributed by atoms with Gasteiger partial charge < -0.3 is 4.90 Å². The second kappa shape index (κ2) is 6.21. The molecular formula is C17H23NOS. The maximum Gasteiger partial charge on any atom is 0.226 e. The van der Waals surface area contributed by atoms with Crippen molar-refractivity contribution in [1.29, 1.82) is 0 Å². The van der Waals surface area contributed by atoms with Crippen LogP contribution in [0, 0.1) is 11.8 Å². The minimum atomic E-state index is 0.293. The van der Waals surface area contributed by atoms with Crippen molar-refractivity contribution in [2.24, 2.45) is 11.8 Å². The summed E-state index contributed by atoms with van der Waals surface area (Å²) in [6.07, 6.45) is 7.20. The van der Waals surface area contributed by atoms with E-state index in [2.05, 4.69) is 17.5 Å². The van der Waals surface area contributed by atoms with Crippen LogP contribution in [0.25, 0.3) is 0 Å². The van der Waals surface area contributed by atoms with Gasteiger partial charge in [-0.3, -0.25) is 4.79 Å². The minimum absolute atomic E-state index is 0.293. The summed E-state index contributed by atoms with van der Waals surface area (Å²) in [7, 11) is 0. The minimum Gasteiger partial charge on any atom is -0.342 e. The normalized spacial score (nSPS) is 26.1. The highest BCUT2D eigenvalue weighted by Crippen LogP contribution is 2.36. The van der Waals surface area contributed by atoms with E-state index in [1.807, 2.05) is 24.3 Å². The van der Waals surface area contributed by atoms with Gasteiger partial charge >= 0.3 is 0 Å². The molecule has 0 radical (unpaired) electrons. The highest BCUT2D eigenvalue weighted by molar-refractivity contribution is 7.80. The molecule has 2 fully saturated rings. The van der Waals surface area contributed by atoms with E-state index in [9.17, 15) is 4.79 Å². The Morgan fingerprint density at radius 1 is 1.10 bits per heavy atom. The van der Waals surface area contributed by atoms with Crippen molar-refractivity contribution in [3.63, 3.8) is 0 Å². The molecular weight excluding hydrogens is 266 g/mol. The van der Waals surface area contributed by atoms with E-state index in [4.69, 9.17) is 0 Å². The SMILES string of the molecule is O=C(Cc1ccc(S)cc1)N1CCC2CCCCC2C1. The molecule has 1 aromatic rings. The number of nitrogens with zero attached hydrogens (tertiary/aromatic N) is 1. The number of amides is 1. The molecule has 1 aliphatic heterocycles. The van der Waals surface area contributed by atoms with Crippen molar-refractivity contribution in [2.75, 3.05) is 13.1 Å². The maximum absolute atomic E-state index is 12.4. The third-order valence-corrected chi connectivity index (χ3v) is 5.23. The van der Waals surface area contributed by atoms with Crippen molar-refractivity contribution in [2.45, 2.75) is 43.4 Å². The fourth-order valence-corrected chi connectivity index (χ4v) is 3.88. The molecule has 0 aromatic heterocycles. The Morgan fingerprint density at radius 2 is 1.80 bits per heavy atom. The van der Waals surface area contributed by atoms with Gasteiger partial charge in [-0.2, -0.15) is 0 Å². The summed E-state index contributed by atoms with van der Waals surface area (Å²) < 4.78 is 0. The van der Waals surface area contributed by atoms with Crippen molar-refractivity contribution in [3.05, 3.63) is 29.8 Å². The molecule has 1 saturated carbocycles. The third kappa shape index (κ3) is 3.20. The van der Waals surface area contributed by atoms with Gasteiger partial charge in [-0.1, -0.05) is 31.4 Å². The van der Waals surface area contributed by atoms with E-state index in [0.29, 0.717) is 12.3 Å². The van der Waals surface area contributed by atoms with Gasteiger partial charge in [0, 0.05) is 18.0 Å². The third-order valence-electron chi connectivity index (χ3n) is 4.94. The van der Waals surface area contributed by atoms with Gasteiger partial charge in [-0.15, -0.1) is 12.6 Å². The monoisotopic (exact) mass is 289 g/mol. The van der Waals surface area contributed by atoms with Gasteiger partial charge in [0.25, 0.3) is 0 Å². The Kier molecular flexibility index (Phi) is 4.35. The predicted molar refractivity (Wildman–Crippen MR) is 84.0 cm³/mol. The van der Waals surface area contributed by atoms with Crippen molar-refractivity contribution >= 4 is 18.5 Å². The number of piperidine rings is 1. The molecule has 2 unspecified atom stereocenters. The first-order chi connectivity index (χ1) is 9.72. The molecule has 0 spiro atoms. The molecule has 2 aliphatic rings. The van der Waals surface area contributed by atoms with Gasteiger partial charge in [0.2, 0.25) is 5.91 Å². The van der Waals surface area contributed by atoms with E-state index >= 15 is 0 Å². The lowest BCUT2D eigenvalue weighted by Crippen LogP contribution is -2.45. The summed E-state index contributed by atoms with van der Waals surface area (Å²) in [6, 6.07) is 7.93. The molecule has 3 rings (SSSR count). The van der Waals surface area contributed by atoms with Crippen LogP contribution < -0.4 is 0 Å². The smallest absolute Gasteiger partial charge is 0.226 e. The molecule has 1 heterocycles. The molecule has 1 saturated heterocycles.